The van der Waals surface area contributed by atoms with Crippen molar-refractivity contribution in [3.8, 4) is 0 Å². The number of nitrogens with one attached hydrogen (secondary N) is 1. The molecule has 2 rings (SSSR count). The number of aromatic nitrogens is 3. The van der Waals surface area contributed by atoms with Crippen LogP contribution in [0.3, 0.4) is 0 Å². The van der Waals surface area contributed by atoms with E-state index >= 15 is 0 Å². The van der Waals surface area contributed by atoms with Crippen LogP contribution in [0.25, 0.3) is 11.2 Å². The first-order valence-corrected chi connectivity index (χ1v) is 4.79. The number of fused-ring (bicyclic) bond motifs is 1. The third-order valence-corrected chi connectivity index (χ3v) is 2.17. The summed E-state index contributed by atoms with van der Waals surface area (Å²) < 4.78 is 0.947. The summed E-state index contributed by atoms with van der Waals surface area (Å²) in [6.45, 7) is 0.598. The molecule has 4 nitrogen and oxygen atoms in total. The molecule has 0 fully saturated rings. The van der Waals surface area contributed by atoms with Gasteiger partial charge in [-0.25, -0.2) is 9.97 Å². The molecule has 5 heteroatoms. The molecular formula is C8H9BrN4. The van der Waals surface area contributed by atoms with Crippen molar-refractivity contribution in [1.82, 2.24) is 15.0 Å². The van der Waals surface area contributed by atoms with Gasteiger partial charge < -0.3 is 10.7 Å². The number of H-pyrrole nitrogens is 1. The number of pyridine rings is 1. The number of rotatable bonds is 2. The maximum Gasteiger partial charge on any atom is 0.177 e. The van der Waals surface area contributed by atoms with Gasteiger partial charge in [0.1, 0.15) is 5.82 Å². The van der Waals surface area contributed by atoms with Crippen molar-refractivity contribution in [2.24, 2.45) is 5.73 Å². The number of hydrogen-bond donors (Lipinski definition) is 2. The standard InChI is InChI=1S/C8H9BrN4/c9-5-3-6-8(11-4-5)13-7(12-6)1-2-10/h3-4H,1-2,10H2,(H,11,12,13). The average Bonchev–Trinajstić information content (AvgIpc) is 2.46. The minimum absolute atomic E-state index is 0.598. The maximum atomic E-state index is 5.42. The lowest BCUT2D eigenvalue weighted by Crippen LogP contribution is -2.03. The monoisotopic (exact) mass is 240 g/mol. The fourth-order valence-corrected chi connectivity index (χ4v) is 1.51. The van der Waals surface area contributed by atoms with Gasteiger partial charge >= 0.3 is 0 Å². The lowest BCUT2D eigenvalue weighted by molar-refractivity contribution is 0.899. The number of halogens is 1. The molecule has 2 aromatic heterocycles. The quantitative estimate of drug-likeness (QED) is 0.830. The Labute approximate surface area is 83.7 Å². The van der Waals surface area contributed by atoms with Crippen molar-refractivity contribution in [2.75, 3.05) is 6.54 Å². The van der Waals surface area contributed by atoms with Gasteiger partial charge in [0.15, 0.2) is 5.65 Å². The third-order valence-electron chi connectivity index (χ3n) is 1.73. The van der Waals surface area contributed by atoms with Crippen LogP contribution in [0.4, 0.5) is 0 Å². The van der Waals surface area contributed by atoms with E-state index in [2.05, 4.69) is 30.9 Å². The van der Waals surface area contributed by atoms with Crippen LogP contribution in [0.1, 0.15) is 5.82 Å². The molecule has 3 N–H and O–H groups in total. The Morgan fingerprint density at radius 2 is 2.38 bits per heavy atom. The largest absolute Gasteiger partial charge is 0.341 e. The number of imidazole rings is 1. The van der Waals surface area contributed by atoms with Gasteiger partial charge in [-0.3, -0.25) is 0 Å². The van der Waals surface area contributed by atoms with Crippen LogP contribution in [-0.2, 0) is 6.42 Å². The maximum absolute atomic E-state index is 5.42. The van der Waals surface area contributed by atoms with Crippen LogP contribution in [0.5, 0.6) is 0 Å². The zero-order valence-electron chi connectivity index (χ0n) is 6.92. The highest BCUT2D eigenvalue weighted by Crippen LogP contribution is 2.14. The number of aromatic amines is 1. The van der Waals surface area contributed by atoms with Crippen molar-refractivity contribution in [2.45, 2.75) is 6.42 Å². The first kappa shape index (κ1) is 8.65. The minimum Gasteiger partial charge on any atom is -0.341 e. The number of nitrogens with two attached hydrogens (primary N) is 1. The molecule has 0 aromatic carbocycles. The molecule has 2 aromatic rings. The summed E-state index contributed by atoms with van der Waals surface area (Å²) in [7, 11) is 0. The second-order valence-electron chi connectivity index (χ2n) is 2.75. The summed E-state index contributed by atoms with van der Waals surface area (Å²) in [5, 5.41) is 0. The zero-order valence-corrected chi connectivity index (χ0v) is 8.50. The molecule has 0 saturated carbocycles. The predicted octanol–water partition coefficient (Wildman–Crippen LogP) is 1.22. The van der Waals surface area contributed by atoms with Gasteiger partial charge in [0, 0.05) is 17.1 Å². The Balaban J connectivity index is 2.49. The molecule has 0 atom stereocenters. The van der Waals surface area contributed by atoms with E-state index in [1.807, 2.05) is 6.07 Å². The Hall–Kier alpha value is -0.940. The molecule has 2 heterocycles. The Kier molecular flexibility index (Phi) is 2.28. The molecule has 0 aliphatic heterocycles. The normalized spacial score (nSPS) is 10.9. The summed E-state index contributed by atoms with van der Waals surface area (Å²) in [5.41, 5.74) is 7.11. The van der Waals surface area contributed by atoms with E-state index in [0.717, 1.165) is 27.9 Å². The highest BCUT2D eigenvalue weighted by Gasteiger charge is 2.02. The van der Waals surface area contributed by atoms with Gasteiger partial charge in [-0.1, -0.05) is 0 Å². The summed E-state index contributed by atoms with van der Waals surface area (Å²) in [5.74, 6) is 0.892. The van der Waals surface area contributed by atoms with Crippen LogP contribution in [0, 0.1) is 0 Å². The lowest BCUT2D eigenvalue weighted by atomic mass is 10.4. The van der Waals surface area contributed by atoms with Crippen LogP contribution in [0.15, 0.2) is 16.7 Å². The summed E-state index contributed by atoms with van der Waals surface area (Å²) in [6, 6.07) is 1.95. The Morgan fingerprint density at radius 1 is 1.54 bits per heavy atom. The van der Waals surface area contributed by atoms with E-state index in [1.54, 1.807) is 6.20 Å². The molecule has 0 bridgehead atoms. The molecular weight excluding hydrogens is 232 g/mol. The van der Waals surface area contributed by atoms with Gasteiger partial charge in [0.05, 0.1) is 5.52 Å². The second-order valence-corrected chi connectivity index (χ2v) is 3.66. The Morgan fingerprint density at radius 3 is 3.15 bits per heavy atom. The van der Waals surface area contributed by atoms with E-state index in [1.165, 1.54) is 0 Å². The highest BCUT2D eigenvalue weighted by atomic mass is 79.9. The first-order valence-electron chi connectivity index (χ1n) is 4.00. The lowest BCUT2D eigenvalue weighted by Gasteiger charge is -1.87. The first-order chi connectivity index (χ1) is 6.29. The van der Waals surface area contributed by atoms with Gasteiger partial charge in [-0.05, 0) is 28.5 Å². The van der Waals surface area contributed by atoms with E-state index in [-0.39, 0.29) is 0 Å². The zero-order chi connectivity index (χ0) is 9.26. The molecule has 0 unspecified atom stereocenters. The highest BCUT2D eigenvalue weighted by molar-refractivity contribution is 9.10. The molecule has 0 aliphatic rings. The van der Waals surface area contributed by atoms with Crippen molar-refractivity contribution in [1.29, 1.82) is 0 Å². The van der Waals surface area contributed by atoms with Gasteiger partial charge in [0.25, 0.3) is 0 Å². The molecule has 68 valence electrons. The predicted molar refractivity (Wildman–Crippen MR) is 54.3 cm³/mol. The van der Waals surface area contributed by atoms with Gasteiger partial charge in [0.2, 0.25) is 0 Å². The molecule has 0 amide bonds. The van der Waals surface area contributed by atoms with Crippen LogP contribution >= 0.6 is 15.9 Å². The topological polar surface area (TPSA) is 67.6 Å². The fraction of sp³-hybridized carbons (Fsp3) is 0.250. The second kappa shape index (κ2) is 3.43. The van der Waals surface area contributed by atoms with Crippen LogP contribution in [-0.4, -0.2) is 21.5 Å². The minimum atomic E-state index is 0.598. The molecule has 0 aliphatic carbocycles. The number of nitrogens with zero attached hydrogens (tertiary/aromatic N) is 2. The summed E-state index contributed by atoms with van der Waals surface area (Å²) in [6.07, 6.45) is 2.49. The van der Waals surface area contributed by atoms with Crippen LogP contribution in [0.2, 0.25) is 0 Å². The SMILES string of the molecule is NCCc1nc2ncc(Br)cc2[nH]1. The third kappa shape index (κ3) is 1.71. The van der Waals surface area contributed by atoms with E-state index in [0.29, 0.717) is 6.54 Å². The van der Waals surface area contributed by atoms with Crippen LogP contribution < -0.4 is 5.73 Å². The Bertz CT molecular complexity index is 423. The van der Waals surface area contributed by atoms with E-state index in [9.17, 15) is 0 Å². The number of hydrogen-bond acceptors (Lipinski definition) is 3. The van der Waals surface area contributed by atoms with Crippen molar-refractivity contribution in [3.63, 3.8) is 0 Å². The summed E-state index contributed by atoms with van der Waals surface area (Å²) in [4.78, 5) is 11.6. The summed E-state index contributed by atoms with van der Waals surface area (Å²) >= 11 is 3.35. The van der Waals surface area contributed by atoms with E-state index in [4.69, 9.17) is 5.73 Å². The average molecular weight is 241 g/mol. The molecule has 0 radical (unpaired) electrons. The molecule has 0 saturated heterocycles. The van der Waals surface area contributed by atoms with Crippen molar-refractivity contribution >= 4 is 27.1 Å². The molecule has 13 heavy (non-hydrogen) atoms. The molecule has 0 spiro atoms. The smallest absolute Gasteiger partial charge is 0.177 e. The van der Waals surface area contributed by atoms with Crippen molar-refractivity contribution < 1.29 is 0 Å². The van der Waals surface area contributed by atoms with Gasteiger partial charge in [-0.2, -0.15) is 0 Å². The van der Waals surface area contributed by atoms with Gasteiger partial charge in [-0.15, -0.1) is 0 Å². The van der Waals surface area contributed by atoms with E-state index < -0.39 is 0 Å². The van der Waals surface area contributed by atoms with Crippen molar-refractivity contribution in [3.05, 3.63) is 22.6 Å². The fourth-order valence-electron chi connectivity index (χ4n) is 1.18.